The highest BCUT2D eigenvalue weighted by Gasteiger charge is 2.51. The predicted molar refractivity (Wildman–Crippen MR) is 235 cm³/mol. The van der Waals surface area contributed by atoms with Gasteiger partial charge in [0.1, 0.15) is 48.8 Å². The number of carbonyl (C=O) groups is 1. The van der Waals surface area contributed by atoms with Crippen LogP contribution in [0.4, 0.5) is 0 Å². The van der Waals surface area contributed by atoms with Gasteiger partial charge < -0.3 is 65.1 Å². The fourth-order valence-corrected chi connectivity index (χ4v) is 8.17. The largest absolute Gasteiger partial charge is 0.394 e. The lowest BCUT2D eigenvalue weighted by molar-refractivity contribution is -0.359. The molecule has 0 bridgehead atoms. The molecule has 0 spiro atoms. The van der Waals surface area contributed by atoms with Crippen LogP contribution in [0.25, 0.3) is 0 Å². The van der Waals surface area contributed by atoms with Gasteiger partial charge in [0.15, 0.2) is 12.6 Å². The van der Waals surface area contributed by atoms with Gasteiger partial charge in [-0.05, 0) is 38.5 Å². The Morgan fingerprint density at radius 3 is 1.56 bits per heavy atom. The first-order chi connectivity index (χ1) is 29.6. The van der Waals surface area contributed by atoms with Gasteiger partial charge in [-0.1, -0.05) is 154 Å². The number of allylic oxidation sites excluding steroid dienone is 2. The maximum absolute atomic E-state index is 13.1. The maximum atomic E-state index is 13.1. The van der Waals surface area contributed by atoms with Crippen LogP contribution in [-0.2, 0) is 23.7 Å². The number of nitrogens with one attached hydrogen (secondary N) is 1. The average Bonchev–Trinajstić information content (AvgIpc) is 3.26. The standard InChI is InChI=1S/C47H89NO13/c1-3-5-7-9-11-13-14-15-16-17-18-19-20-21-22-23-25-27-29-31-39(52)48-35(36(51)30-28-26-24-12-10-8-6-4-2)34-58-46-44(57)42(55)45(38(33-50)60-46)61-47-43(56)41(54)40(53)37(32-49)59-47/h15-16,35-38,40-47,49-51,53-57H,3-14,17-34H2,1-2H3,(H,48,52)/b16-15-. The summed E-state index contributed by atoms with van der Waals surface area (Å²) in [6.07, 6.45) is 18.1. The molecule has 360 valence electrons. The molecule has 1 amide bonds. The topological polar surface area (TPSA) is 228 Å². The van der Waals surface area contributed by atoms with Crippen LogP contribution in [-0.4, -0.2) is 140 Å². The van der Waals surface area contributed by atoms with Gasteiger partial charge in [0.2, 0.25) is 5.91 Å². The summed E-state index contributed by atoms with van der Waals surface area (Å²) in [6.45, 7) is 2.80. The molecule has 0 aromatic carbocycles. The monoisotopic (exact) mass is 876 g/mol. The molecule has 14 nitrogen and oxygen atoms in total. The second-order valence-corrected chi connectivity index (χ2v) is 17.6. The molecule has 2 aliphatic heterocycles. The van der Waals surface area contributed by atoms with Crippen molar-refractivity contribution in [1.29, 1.82) is 0 Å². The highest BCUT2D eigenvalue weighted by molar-refractivity contribution is 5.76. The van der Waals surface area contributed by atoms with Crippen molar-refractivity contribution in [3.63, 3.8) is 0 Å². The molecule has 14 heteroatoms. The Balaban J connectivity index is 1.79. The quantitative estimate of drug-likeness (QED) is 0.0274. The molecule has 0 saturated carbocycles. The normalized spacial score (nSPS) is 28.0. The summed E-state index contributed by atoms with van der Waals surface area (Å²) in [5.41, 5.74) is 0. The van der Waals surface area contributed by atoms with Crippen LogP contribution < -0.4 is 5.32 Å². The number of aliphatic hydroxyl groups is 8. The summed E-state index contributed by atoms with van der Waals surface area (Å²) in [7, 11) is 0. The number of ether oxygens (including phenoxy) is 4. The Morgan fingerprint density at radius 2 is 1.03 bits per heavy atom. The predicted octanol–water partition coefficient (Wildman–Crippen LogP) is 5.60. The highest BCUT2D eigenvalue weighted by atomic mass is 16.7. The van der Waals surface area contributed by atoms with E-state index in [0.29, 0.717) is 12.8 Å². The lowest BCUT2D eigenvalue weighted by Crippen LogP contribution is -2.65. The Kier molecular flexibility index (Phi) is 32.1. The molecule has 12 unspecified atom stereocenters. The second-order valence-electron chi connectivity index (χ2n) is 17.6. The van der Waals surface area contributed by atoms with Crippen LogP contribution >= 0.6 is 0 Å². The molecular formula is C47H89NO13. The molecule has 0 aromatic rings. The zero-order valence-corrected chi connectivity index (χ0v) is 37.9. The zero-order valence-electron chi connectivity index (χ0n) is 37.9. The molecule has 2 saturated heterocycles. The average molecular weight is 876 g/mol. The van der Waals surface area contributed by atoms with Crippen LogP contribution in [0, 0.1) is 0 Å². The van der Waals surface area contributed by atoms with Gasteiger partial charge in [-0.2, -0.15) is 0 Å². The van der Waals surface area contributed by atoms with Crippen LogP contribution in [0.2, 0.25) is 0 Å². The van der Waals surface area contributed by atoms with E-state index in [1.807, 2.05) is 0 Å². The van der Waals surface area contributed by atoms with E-state index in [1.54, 1.807) is 0 Å². The second kappa shape index (κ2) is 35.0. The van der Waals surface area contributed by atoms with E-state index in [2.05, 4.69) is 31.3 Å². The number of hydrogen-bond donors (Lipinski definition) is 9. The summed E-state index contributed by atoms with van der Waals surface area (Å²) in [4.78, 5) is 13.1. The minimum atomic E-state index is -1.78. The molecule has 2 aliphatic rings. The third-order valence-electron chi connectivity index (χ3n) is 12.2. The molecule has 0 radical (unpaired) electrons. The van der Waals surface area contributed by atoms with Gasteiger partial charge in [-0.3, -0.25) is 4.79 Å². The van der Waals surface area contributed by atoms with Crippen molar-refractivity contribution in [2.45, 2.75) is 261 Å². The summed E-state index contributed by atoms with van der Waals surface area (Å²) in [6, 6.07) is -0.823. The van der Waals surface area contributed by atoms with Crippen molar-refractivity contribution in [1.82, 2.24) is 5.32 Å². The first-order valence-electron chi connectivity index (χ1n) is 24.4. The smallest absolute Gasteiger partial charge is 0.220 e. The van der Waals surface area contributed by atoms with Gasteiger partial charge in [-0.25, -0.2) is 0 Å². The van der Waals surface area contributed by atoms with E-state index in [0.717, 1.165) is 51.4 Å². The van der Waals surface area contributed by atoms with E-state index in [4.69, 9.17) is 18.9 Å². The van der Waals surface area contributed by atoms with Crippen LogP contribution in [0.15, 0.2) is 12.2 Å². The number of amides is 1. The Bertz CT molecular complexity index is 1080. The Hall–Kier alpha value is -1.27. The number of hydrogen-bond acceptors (Lipinski definition) is 13. The summed E-state index contributed by atoms with van der Waals surface area (Å²) in [5, 5.41) is 86.5. The zero-order chi connectivity index (χ0) is 44.7. The molecule has 0 aliphatic carbocycles. The molecule has 0 aromatic heterocycles. The van der Waals surface area contributed by atoms with Gasteiger partial charge in [-0.15, -0.1) is 0 Å². The van der Waals surface area contributed by atoms with E-state index in [1.165, 1.54) is 109 Å². The van der Waals surface area contributed by atoms with E-state index in [-0.39, 0.29) is 12.5 Å². The molecule has 61 heavy (non-hydrogen) atoms. The number of aliphatic hydroxyl groups excluding tert-OH is 8. The Morgan fingerprint density at radius 1 is 0.574 bits per heavy atom. The van der Waals surface area contributed by atoms with Crippen LogP contribution in [0.1, 0.15) is 187 Å². The van der Waals surface area contributed by atoms with Crippen molar-refractivity contribution in [2.75, 3.05) is 19.8 Å². The van der Waals surface area contributed by atoms with Crippen LogP contribution in [0.5, 0.6) is 0 Å². The molecule has 9 N–H and O–H groups in total. The van der Waals surface area contributed by atoms with Crippen molar-refractivity contribution in [3.8, 4) is 0 Å². The van der Waals surface area contributed by atoms with Crippen molar-refractivity contribution >= 4 is 5.91 Å². The van der Waals surface area contributed by atoms with Crippen molar-refractivity contribution < 1.29 is 64.6 Å². The Labute approximate surface area is 367 Å². The number of unbranched alkanes of at least 4 members (excludes halogenated alkanes) is 22. The molecular weight excluding hydrogens is 787 g/mol. The maximum Gasteiger partial charge on any atom is 0.220 e. The minimum absolute atomic E-state index is 0.212. The molecule has 2 heterocycles. The van der Waals surface area contributed by atoms with Crippen molar-refractivity contribution in [3.05, 3.63) is 12.2 Å². The number of rotatable bonds is 37. The fraction of sp³-hybridized carbons (Fsp3) is 0.936. The third-order valence-corrected chi connectivity index (χ3v) is 12.2. The third kappa shape index (κ3) is 23.0. The molecule has 12 atom stereocenters. The SMILES string of the molecule is CCCCCCCC/C=C\CCCCCCCCCCCC(=O)NC(COC1OC(CO)C(OC2OC(CO)C(O)C(O)C2O)C(O)C1O)C(O)CCCCCCCCCC. The van der Waals surface area contributed by atoms with E-state index in [9.17, 15) is 45.6 Å². The van der Waals surface area contributed by atoms with Crippen LogP contribution in [0.3, 0.4) is 0 Å². The lowest BCUT2D eigenvalue weighted by Gasteiger charge is -2.46. The fourth-order valence-electron chi connectivity index (χ4n) is 8.17. The van der Waals surface area contributed by atoms with Gasteiger partial charge in [0, 0.05) is 6.42 Å². The molecule has 2 fully saturated rings. The summed E-state index contributed by atoms with van der Waals surface area (Å²) < 4.78 is 22.7. The summed E-state index contributed by atoms with van der Waals surface area (Å²) >= 11 is 0. The summed E-state index contributed by atoms with van der Waals surface area (Å²) in [5.74, 6) is -0.212. The highest BCUT2D eigenvalue weighted by Crippen LogP contribution is 2.30. The minimum Gasteiger partial charge on any atom is -0.394 e. The van der Waals surface area contributed by atoms with Gasteiger partial charge >= 0.3 is 0 Å². The van der Waals surface area contributed by atoms with Gasteiger partial charge in [0.25, 0.3) is 0 Å². The molecule has 2 rings (SSSR count). The van der Waals surface area contributed by atoms with E-state index < -0.39 is 86.8 Å². The van der Waals surface area contributed by atoms with Gasteiger partial charge in [0.05, 0.1) is 32.0 Å². The van der Waals surface area contributed by atoms with Crippen molar-refractivity contribution in [2.24, 2.45) is 0 Å². The first-order valence-corrected chi connectivity index (χ1v) is 24.4. The lowest BCUT2D eigenvalue weighted by atomic mass is 9.97. The van der Waals surface area contributed by atoms with E-state index >= 15 is 0 Å². The first kappa shape index (κ1) is 55.9. The number of carbonyl (C=O) groups excluding carboxylic acids is 1.